The van der Waals surface area contributed by atoms with E-state index in [2.05, 4.69) is 20.7 Å². The van der Waals surface area contributed by atoms with Gasteiger partial charge in [-0.25, -0.2) is 8.42 Å². The number of unbranched alkanes of at least 4 members (excludes halogenated alkanes) is 1. The van der Waals surface area contributed by atoms with E-state index < -0.39 is 10.0 Å². The summed E-state index contributed by atoms with van der Waals surface area (Å²) < 4.78 is 26.9. The van der Waals surface area contributed by atoms with Crippen molar-refractivity contribution in [2.24, 2.45) is 5.73 Å². The molecule has 0 amide bonds. The highest BCUT2D eigenvalue weighted by Crippen LogP contribution is 2.20. The van der Waals surface area contributed by atoms with E-state index in [1.165, 1.54) is 0 Å². The summed E-state index contributed by atoms with van der Waals surface area (Å²) in [6.07, 6.45) is 1.31. The maximum Gasteiger partial charge on any atom is 0.232 e. The lowest BCUT2D eigenvalue weighted by atomic mass is 10.2. The highest BCUT2D eigenvalue weighted by atomic mass is 79.9. The van der Waals surface area contributed by atoms with Gasteiger partial charge >= 0.3 is 0 Å². The fourth-order valence-corrected chi connectivity index (χ4v) is 2.79. The number of nitrogens with one attached hydrogen (secondary N) is 1. The van der Waals surface area contributed by atoms with E-state index in [0.29, 0.717) is 18.7 Å². The Morgan fingerprint density at radius 3 is 2.65 bits per heavy atom. The average molecular weight is 321 g/mol. The van der Waals surface area contributed by atoms with Gasteiger partial charge in [-0.2, -0.15) is 0 Å². The van der Waals surface area contributed by atoms with Crippen molar-refractivity contribution in [3.05, 3.63) is 28.2 Å². The van der Waals surface area contributed by atoms with E-state index >= 15 is 0 Å². The molecule has 3 N–H and O–H groups in total. The van der Waals surface area contributed by atoms with Crippen molar-refractivity contribution >= 4 is 31.6 Å². The molecule has 17 heavy (non-hydrogen) atoms. The number of sulfonamides is 1. The zero-order valence-corrected chi connectivity index (χ0v) is 12.1. The lowest BCUT2D eigenvalue weighted by Crippen LogP contribution is -2.17. The zero-order valence-electron chi connectivity index (χ0n) is 9.74. The van der Waals surface area contributed by atoms with Gasteiger partial charge in [0, 0.05) is 10.2 Å². The molecule has 0 aliphatic carbocycles. The first-order chi connectivity index (χ1) is 7.94. The van der Waals surface area contributed by atoms with E-state index in [-0.39, 0.29) is 5.75 Å². The molecule has 1 aromatic carbocycles. The molecule has 0 bridgehead atoms. The van der Waals surface area contributed by atoms with Crippen molar-refractivity contribution in [1.29, 1.82) is 0 Å². The van der Waals surface area contributed by atoms with Gasteiger partial charge in [-0.1, -0.05) is 15.9 Å². The Kier molecular flexibility index (Phi) is 5.42. The van der Waals surface area contributed by atoms with E-state index in [0.717, 1.165) is 16.5 Å². The van der Waals surface area contributed by atoms with Gasteiger partial charge < -0.3 is 5.73 Å². The normalized spacial score (nSPS) is 11.5. The molecule has 0 heterocycles. The lowest BCUT2D eigenvalue weighted by Gasteiger charge is -2.09. The van der Waals surface area contributed by atoms with Crippen LogP contribution in [0.1, 0.15) is 18.4 Å². The summed E-state index contributed by atoms with van der Waals surface area (Å²) in [6, 6.07) is 5.36. The molecule has 4 nitrogen and oxygen atoms in total. The Hall–Kier alpha value is -0.590. The third-order valence-electron chi connectivity index (χ3n) is 2.30. The molecule has 0 unspecified atom stereocenters. The summed E-state index contributed by atoms with van der Waals surface area (Å²) in [4.78, 5) is 0. The van der Waals surface area contributed by atoms with Crippen LogP contribution in [0.3, 0.4) is 0 Å². The SMILES string of the molecule is Cc1cc(NS(=O)(=O)CCCCN)ccc1Br. The Morgan fingerprint density at radius 1 is 1.35 bits per heavy atom. The van der Waals surface area contributed by atoms with Crippen LogP contribution >= 0.6 is 15.9 Å². The second-order valence-corrected chi connectivity index (χ2v) is 6.58. The molecule has 1 rings (SSSR count). The first-order valence-corrected chi connectivity index (χ1v) is 7.86. The Labute approximate surface area is 111 Å². The minimum absolute atomic E-state index is 0.110. The van der Waals surface area contributed by atoms with Crippen molar-refractivity contribution in [3.8, 4) is 0 Å². The van der Waals surface area contributed by atoms with E-state index in [4.69, 9.17) is 5.73 Å². The Bertz CT molecular complexity index is 474. The maximum absolute atomic E-state index is 11.7. The lowest BCUT2D eigenvalue weighted by molar-refractivity contribution is 0.597. The largest absolute Gasteiger partial charge is 0.330 e. The van der Waals surface area contributed by atoms with Crippen LogP contribution in [0, 0.1) is 6.92 Å². The minimum Gasteiger partial charge on any atom is -0.330 e. The summed E-state index contributed by atoms with van der Waals surface area (Å²) >= 11 is 3.37. The highest BCUT2D eigenvalue weighted by molar-refractivity contribution is 9.10. The maximum atomic E-state index is 11.7. The first kappa shape index (κ1) is 14.5. The quantitative estimate of drug-likeness (QED) is 0.789. The number of halogens is 1. The predicted octanol–water partition coefficient (Wildman–Crippen LogP) is 2.24. The molecule has 0 radical (unpaired) electrons. The smallest absolute Gasteiger partial charge is 0.232 e. The van der Waals surface area contributed by atoms with Crippen LogP contribution in [0.15, 0.2) is 22.7 Å². The number of aryl methyl sites for hydroxylation is 1. The van der Waals surface area contributed by atoms with Crippen LogP contribution in [0.25, 0.3) is 0 Å². The van der Waals surface area contributed by atoms with Crippen LogP contribution in [0.4, 0.5) is 5.69 Å². The molecule has 0 spiro atoms. The topological polar surface area (TPSA) is 72.2 Å². The number of nitrogens with two attached hydrogens (primary N) is 1. The molecule has 0 aromatic heterocycles. The number of anilines is 1. The molecule has 0 saturated heterocycles. The summed E-state index contributed by atoms with van der Waals surface area (Å²) in [6.45, 7) is 2.43. The summed E-state index contributed by atoms with van der Waals surface area (Å²) in [5.41, 5.74) is 6.92. The monoisotopic (exact) mass is 320 g/mol. The predicted molar refractivity (Wildman–Crippen MR) is 74.6 cm³/mol. The van der Waals surface area contributed by atoms with Gasteiger partial charge in [-0.15, -0.1) is 0 Å². The molecule has 0 fully saturated rings. The molecule has 0 aliphatic heterocycles. The minimum atomic E-state index is -3.26. The van der Waals surface area contributed by atoms with Gasteiger partial charge in [0.2, 0.25) is 10.0 Å². The van der Waals surface area contributed by atoms with E-state index in [1.807, 2.05) is 13.0 Å². The number of benzene rings is 1. The standard InChI is InChI=1S/C11H17BrN2O2S/c1-9-8-10(4-5-11(9)12)14-17(15,16)7-3-2-6-13/h4-5,8,14H,2-3,6-7,13H2,1H3. The fraction of sp³-hybridized carbons (Fsp3) is 0.455. The fourth-order valence-electron chi connectivity index (χ4n) is 1.38. The van der Waals surface area contributed by atoms with Gasteiger partial charge in [-0.3, -0.25) is 4.72 Å². The van der Waals surface area contributed by atoms with Gasteiger partial charge in [0.1, 0.15) is 0 Å². The Morgan fingerprint density at radius 2 is 2.06 bits per heavy atom. The van der Waals surface area contributed by atoms with Crippen LogP contribution < -0.4 is 10.5 Å². The molecular weight excluding hydrogens is 304 g/mol. The van der Waals surface area contributed by atoms with Crippen molar-refractivity contribution < 1.29 is 8.42 Å². The molecular formula is C11H17BrN2O2S. The van der Waals surface area contributed by atoms with E-state index in [9.17, 15) is 8.42 Å². The van der Waals surface area contributed by atoms with Crippen LogP contribution in [0.2, 0.25) is 0 Å². The van der Waals surface area contributed by atoms with Crippen molar-refractivity contribution in [2.75, 3.05) is 17.0 Å². The summed E-state index contributed by atoms with van der Waals surface area (Å²) in [7, 11) is -3.26. The molecule has 0 atom stereocenters. The first-order valence-electron chi connectivity index (χ1n) is 5.41. The van der Waals surface area contributed by atoms with Crippen molar-refractivity contribution in [2.45, 2.75) is 19.8 Å². The molecule has 96 valence electrons. The molecule has 6 heteroatoms. The van der Waals surface area contributed by atoms with Crippen LogP contribution in [0.5, 0.6) is 0 Å². The number of hydrogen-bond acceptors (Lipinski definition) is 3. The number of hydrogen-bond donors (Lipinski definition) is 2. The summed E-state index contributed by atoms with van der Waals surface area (Å²) in [5.74, 6) is 0.110. The second kappa shape index (κ2) is 6.37. The molecule has 0 saturated carbocycles. The average Bonchev–Trinajstić information content (AvgIpc) is 2.23. The van der Waals surface area contributed by atoms with Crippen molar-refractivity contribution in [3.63, 3.8) is 0 Å². The van der Waals surface area contributed by atoms with E-state index in [1.54, 1.807) is 12.1 Å². The van der Waals surface area contributed by atoms with Gasteiger partial charge in [0.15, 0.2) is 0 Å². The van der Waals surface area contributed by atoms with Gasteiger partial charge in [0.05, 0.1) is 5.75 Å². The second-order valence-electron chi connectivity index (χ2n) is 3.88. The van der Waals surface area contributed by atoms with Crippen LogP contribution in [-0.2, 0) is 10.0 Å². The third-order valence-corrected chi connectivity index (χ3v) is 4.56. The summed E-state index contributed by atoms with van der Waals surface area (Å²) in [5, 5.41) is 0. The third kappa shape index (κ3) is 5.06. The van der Waals surface area contributed by atoms with Crippen molar-refractivity contribution in [1.82, 2.24) is 0 Å². The van der Waals surface area contributed by atoms with Crippen LogP contribution in [-0.4, -0.2) is 20.7 Å². The Balaban J connectivity index is 2.66. The van der Waals surface area contributed by atoms with Gasteiger partial charge in [-0.05, 0) is 50.1 Å². The van der Waals surface area contributed by atoms with Gasteiger partial charge in [0.25, 0.3) is 0 Å². The molecule has 0 aliphatic rings. The zero-order chi connectivity index (χ0) is 12.9. The number of rotatable bonds is 6. The highest BCUT2D eigenvalue weighted by Gasteiger charge is 2.10. The molecule has 1 aromatic rings.